The standard InChI is InChI=1S/C8H16Cl2/c1-7(2)3-4-8(5-9)6-10/h7-8H,3-6H2,1-2H3. The summed E-state index contributed by atoms with van der Waals surface area (Å²) in [6.07, 6.45) is 2.41. The first-order chi connectivity index (χ1) is 4.70. The quantitative estimate of drug-likeness (QED) is 0.572. The van der Waals surface area contributed by atoms with Crippen molar-refractivity contribution >= 4 is 23.2 Å². The van der Waals surface area contributed by atoms with Crippen LogP contribution in [0.15, 0.2) is 0 Å². The summed E-state index contributed by atoms with van der Waals surface area (Å²) in [5.74, 6) is 2.70. The van der Waals surface area contributed by atoms with Gasteiger partial charge in [0.2, 0.25) is 0 Å². The Morgan fingerprint density at radius 3 is 1.80 bits per heavy atom. The van der Waals surface area contributed by atoms with E-state index < -0.39 is 0 Å². The third kappa shape index (κ3) is 5.37. The fourth-order valence-corrected chi connectivity index (χ4v) is 1.40. The van der Waals surface area contributed by atoms with Crippen molar-refractivity contribution in [3.63, 3.8) is 0 Å². The molecule has 62 valence electrons. The normalized spacial score (nSPS) is 11.4. The summed E-state index contributed by atoms with van der Waals surface area (Å²) >= 11 is 11.3. The highest BCUT2D eigenvalue weighted by atomic mass is 35.5. The maximum Gasteiger partial charge on any atom is 0.0263 e. The summed E-state index contributed by atoms with van der Waals surface area (Å²) < 4.78 is 0. The van der Waals surface area contributed by atoms with Crippen LogP contribution in [0.4, 0.5) is 0 Å². The minimum Gasteiger partial charge on any atom is -0.126 e. The minimum absolute atomic E-state index is 0.519. The van der Waals surface area contributed by atoms with E-state index in [-0.39, 0.29) is 0 Å². The smallest absolute Gasteiger partial charge is 0.0263 e. The number of alkyl halides is 2. The largest absolute Gasteiger partial charge is 0.126 e. The van der Waals surface area contributed by atoms with Crippen molar-refractivity contribution in [3.8, 4) is 0 Å². The third-order valence-corrected chi connectivity index (χ3v) is 2.46. The Morgan fingerprint density at radius 2 is 1.50 bits per heavy atom. The van der Waals surface area contributed by atoms with Crippen LogP contribution in [0, 0.1) is 11.8 Å². The topological polar surface area (TPSA) is 0 Å². The van der Waals surface area contributed by atoms with Gasteiger partial charge < -0.3 is 0 Å². The average Bonchev–Trinajstić information content (AvgIpc) is 1.90. The van der Waals surface area contributed by atoms with Gasteiger partial charge in [0.05, 0.1) is 0 Å². The Labute approximate surface area is 73.9 Å². The summed E-state index contributed by atoms with van der Waals surface area (Å²) in [6, 6.07) is 0. The van der Waals surface area contributed by atoms with Gasteiger partial charge in [-0.25, -0.2) is 0 Å². The molecular weight excluding hydrogens is 167 g/mol. The first-order valence-electron chi connectivity index (χ1n) is 3.82. The lowest BCUT2D eigenvalue weighted by atomic mass is 10.0. The van der Waals surface area contributed by atoms with Crippen LogP contribution in [0.2, 0.25) is 0 Å². The van der Waals surface area contributed by atoms with Gasteiger partial charge in [-0.05, 0) is 18.3 Å². The first-order valence-corrected chi connectivity index (χ1v) is 4.89. The van der Waals surface area contributed by atoms with Crippen LogP contribution in [0.25, 0.3) is 0 Å². The van der Waals surface area contributed by atoms with E-state index in [1.165, 1.54) is 12.8 Å². The van der Waals surface area contributed by atoms with Crippen molar-refractivity contribution in [3.05, 3.63) is 0 Å². The van der Waals surface area contributed by atoms with E-state index in [0.717, 1.165) is 5.92 Å². The van der Waals surface area contributed by atoms with Gasteiger partial charge in [0, 0.05) is 11.8 Å². The highest BCUT2D eigenvalue weighted by molar-refractivity contribution is 6.20. The summed E-state index contributed by atoms with van der Waals surface area (Å²) in [7, 11) is 0. The molecule has 0 aromatic heterocycles. The van der Waals surface area contributed by atoms with E-state index in [1.54, 1.807) is 0 Å². The number of hydrogen-bond donors (Lipinski definition) is 0. The summed E-state index contributed by atoms with van der Waals surface area (Å²) in [5, 5.41) is 0. The van der Waals surface area contributed by atoms with Crippen LogP contribution in [-0.4, -0.2) is 11.8 Å². The van der Waals surface area contributed by atoms with Crippen molar-refractivity contribution < 1.29 is 0 Å². The van der Waals surface area contributed by atoms with E-state index >= 15 is 0 Å². The number of rotatable bonds is 5. The molecule has 2 heteroatoms. The second-order valence-electron chi connectivity index (χ2n) is 3.15. The van der Waals surface area contributed by atoms with Crippen molar-refractivity contribution in [2.75, 3.05) is 11.8 Å². The highest BCUT2D eigenvalue weighted by Gasteiger charge is 2.05. The molecule has 0 heterocycles. The van der Waals surface area contributed by atoms with Gasteiger partial charge >= 0.3 is 0 Å². The molecule has 0 nitrogen and oxygen atoms in total. The molecule has 0 saturated carbocycles. The second-order valence-corrected chi connectivity index (χ2v) is 3.76. The fraction of sp³-hybridized carbons (Fsp3) is 1.00. The van der Waals surface area contributed by atoms with Crippen molar-refractivity contribution in [2.45, 2.75) is 26.7 Å². The van der Waals surface area contributed by atoms with Crippen LogP contribution in [0.1, 0.15) is 26.7 Å². The monoisotopic (exact) mass is 182 g/mol. The van der Waals surface area contributed by atoms with Gasteiger partial charge in [0.1, 0.15) is 0 Å². The van der Waals surface area contributed by atoms with Gasteiger partial charge in [-0.2, -0.15) is 0 Å². The molecule has 0 aliphatic heterocycles. The SMILES string of the molecule is CC(C)CCC(CCl)CCl. The van der Waals surface area contributed by atoms with Gasteiger partial charge in [0.15, 0.2) is 0 Å². The van der Waals surface area contributed by atoms with Crippen LogP contribution in [-0.2, 0) is 0 Å². The molecule has 0 bridgehead atoms. The zero-order chi connectivity index (χ0) is 7.98. The van der Waals surface area contributed by atoms with Crippen LogP contribution in [0.5, 0.6) is 0 Å². The zero-order valence-corrected chi connectivity index (χ0v) is 8.25. The van der Waals surface area contributed by atoms with Crippen molar-refractivity contribution in [1.29, 1.82) is 0 Å². The van der Waals surface area contributed by atoms with Gasteiger partial charge in [0.25, 0.3) is 0 Å². The maximum absolute atomic E-state index is 5.67. The third-order valence-electron chi connectivity index (χ3n) is 1.59. The van der Waals surface area contributed by atoms with Crippen molar-refractivity contribution in [1.82, 2.24) is 0 Å². The fourth-order valence-electron chi connectivity index (χ4n) is 0.765. The maximum atomic E-state index is 5.67. The zero-order valence-electron chi connectivity index (χ0n) is 6.74. The van der Waals surface area contributed by atoms with Gasteiger partial charge in [-0.1, -0.05) is 20.3 Å². The molecule has 0 N–H and O–H groups in total. The molecule has 0 aliphatic carbocycles. The lowest BCUT2D eigenvalue weighted by molar-refractivity contribution is 0.482. The van der Waals surface area contributed by atoms with Crippen LogP contribution < -0.4 is 0 Å². The van der Waals surface area contributed by atoms with E-state index in [4.69, 9.17) is 23.2 Å². The molecule has 0 unspecified atom stereocenters. The minimum atomic E-state index is 0.519. The summed E-state index contributed by atoms with van der Waals surface area (Å²) in [5.41, 5.74) is 0. The molecule has 0 fully saturated rings. The molecule has 0 aromatic rings. The van der Waals surface area contributed by atoms with Gasteiger partial charge in [-0.15, -0.1) is 23.2 Å². The van der Waals surface area contributed by atoms with E-state index in [9.17, 15) is 0 Å². The molecule has 0 amide bonds. The molecule has 10 heavy (non-hydrogen) atoms. The summed E-state index contributed by atoms with van der Waals surface area (Å²) in [4.78, 5) is 0. The molecule has 0 aromatic carbocycles. The first kappa shape index (κ1) is 10.6. The Balaban J connectivity index is 3.26. The molecular formula is C8H16Cl2. The lowest BCUT2D eigenvalue weighted by Gasteiger charge is -2.10. The van der Waals surface area contributed by atoms with E-state index in [1.807, 2.05) is 0 Å². The molecule has 0 aliphatic rings. The van der Waals surface area contributed by atoms with E-state index in [2.05, 4.69) is 13.8 Å². The Bertz CT molecular complexity index is 67.7. The Morgan fingerprint density at radius 1 is 1.00 bits per heavy atom. The van der Waals surface area contributed by atoms with Gasteiger partial charge in [-0.3, -0.25) is 0 Å². The van der Waals surface area contributed by atoms with E-state index in [0.29, 0.717) is 17.7 Å². The molecule has 0 radical (unpaired) electrons. The molecule has 0 saturated heterocycles. The Hall–Kier alpha value is 0.580. The second kappa shape index (κ2) is 6.30. The Kier molecular flexibility index (Phi) is 6.67. The number of halogens is 2. The lowest BCUT2D eigenvalue weighted by Crippen LogP contribution is -2.05. The number of hydrogen-bond acceptors (Lipinski definition) is 0. The summed E-state index contributed by atoms with van der Waals surface area (Å²) in [6.45, 7) is 4.44. The highest BCUT2D eigenvalue weighted by Crippen LogP contribution is 2.14. The predicted octanol–water partition coefficient (Wildman–Crippen LogP) is 3.52. The molecule has 0 rings (SSSR count). The molecule has 0 atom stereocenters. The van der Waals surface area contributed by atoms with Crippen LogP contribution >= 0.6 is 23.2 Å². The van der Waals surface area contributed by atoms with Crippen LogP contribution in [0.3, 0.4) is 0 Å². The predicted molar refractivity (Wildman–Crippen MR) is 49.0 cm³/mol. The average molecular weight is 183 g/mol. The van der Waals surface area contributed by atoms with Crippen molar-refractivity contribution in [2.24, 2.45) is 11.8 Å². The molecule has 0 spiro atoms.